The zero-order valence-corrected chi connectivity index (χ0v) is 10.9. The topological polar surface area (TPSA) is 50.3 Å². The Bertz CT molecular complexity index is 471. The van der Waals surface area contributed by atoms with Crippen LogP contribution in [0.3, 0.4) is 0 Å². The number of aromatic nitrogens is 1. The molecule has 0 unspecified atom stereocenters. The highest BCUT2D eigenvalue weighted by Gasteiger charge is 2.24. The summed E-state index contributed by atoms with van der Waals surface area (Å²) in [4.78, 5) is 3.71. The second-order valence-corrected chi connectivity index (χ2v) is 6.61. The molecule has 16 heavy (non-hydrogen) atoms. The van der Waals surface area contributed by atoms with E-state index in [9.17, 15) is 8.42 Å². The van der Waals surface area contributed by atoms with Crippen molar-refractivity contribution in [1.29, 1.82) is 0 Å². The van der Waals surface area contributed by atoms with E-state index in [4.69, 9.17) is 11.6 Å². The zero-order chi connectivity index (χ0) is 12.2. The third kappa shape index (κ3) is 2.91. The lowest BCUT2D eigenvalue weighted by molar-refractivity contribution is 0.476. The number of rotatable bonds is 6. The molecule has 4 nitrogen and oxygen atoms in total. The number of thiazole rings is 1. The first-order valence-corrected chi connectivity index (χ1v) is 6.99. The number of nitrogens with zero attached hydrogens (tertiary/aromatic N) is 2. The van der Waals surface area contributed by atoms with E-state index in [2.05, 4.69) is 18.1 Å². The lowest BCUT2D eigenvalue weighted by Crippen LogP contribution is -2.30. The van der Waals surface area contributed by atoms with Gasteiger partial charge < -0.3 is 0 Å². The first-order chi connectivity index (χ1) is 7.52. The molecule has 0 radical (unpaired) electrons. The van der Waals surface area contributed by atoms with Gasteiger partial charge in [-0.15, -0.1) is 13.2 Å². The molecule has 1 aromatic rings. The van der Waals surface area contributed by atoms with E-state index >= 15 is 0 Å². The van der Waals surface area contributed by atoms with Gasteiger partial charge in [0.05, 0.1) is 6.20 Å². The Morgan fingerprint density at radius 2 is 2.00 bits per heavy atom. The van der Waals surface area contributed by atoms with Crippen molar-refractivity contribution in [3.05, 3.63) is 36.0 Å². The van der Waals surface area contributed by atoms with Crippen LogP contribution in [-0.2, 0) is 10.0 Å². The van der Waals surface area contributed by atoms with E-state index in [1.165, 1.54) is 22.7 Å². The molecular weight excluding hydrogens is 268 g/mol. The van der Waals surface area contributed by atoms with Crippen molar-refractivity contribution >= 4 is 33.0 Å². The molecule has 0 saturated heterocycles. The van der Waals surface area contributed by atoms with Crippen LogP contribution in [0, 0.1) is 0 Å². The maximum atomic E-state index is 12.1. The van der Waals surface area contributed by atoms with Gasteiger partial charge in [-0.05, 0) is 0 Å². The quantitative estimate of drug-likeness (QED) is 0.749. The molecule has 1 aromatic heterocycles. The molecule has 1 rings (SSSR count). The van der Waals surface area contributed by atoms with Crippen LogP contribution in [0.2, 0.25) is 4.47 Å². The van der Waals surface area contributed by atoms with Crippen LogP contribution in [-0.4, -0.2) is 30.8 Å². The van der Waals surface area contributed by atoms with Gasteiger partial charge in [0.25, 0.3) is 10.0 Å². The monoisotopic (exact) mass is 278 g/mol. The number of sulfonamides is 1. The molecule has 0 saturated carbocycles. The molecule has 0 spiro atoms. The number of halogens is 1. The molecule has 0 amide bonds. The van der Waals surface area contributed by atoms with E-state index in [-0.39, 0.29) is 21.8 Å². The lowest BCUT2D eigenvalue weighted by Gasteiger charge is -2.17. The van der Waals surface area contributed by atoms with Gasteiger partial charge in [0, 0.05) is 13.1 Å². The molecule has 0 aromatic carbocycles. The van der Waals surface area contributed by atoms with E-state index < -0.39 is 10.0 Å². The normalized spacial score (nSPS) is 11.6. The molecular formula is C9H11ClN2O2S2. The van der Waals surface area contributed by atoms with Crippen LogP contribution in [0.1, 0.15) is 0 Å². The lowest BCUT2D eigenvalue weighted by atomic mass is 10.5. The minimum absolute atomic E-state index is 0.126. The fourth-order valence-electron chi connectivity index (χ4n) is 1.04. The maximum absolute atomic E-state index is 12.1. The van der Waals surface area contributed by atoms with Crippen LogP contribution in [0.4, 0.5) is 0 Å². The molecule has 0 aliphatic heterocycles. The molecule has 88 valence electrons. The minimum atomic E-state index is -3.54. The Balaban J connectivity index is 3.06. The van der Waals surface area contributed by atoms with Gasteiger partial charge in [0.15, 0.2) is 8.68 Å². The van der Waals surface area contributed by atoms with Crippen LogP contribution in [0.15, 0.2) is 35.7 Å². The first-order valence-electron chi connectivity index (χ1n) is 4.35. The van der Waals surface area contributed by atoms with E-state index in [0.29, 0.717) is 0 Å². The van der Waals surface area contributed by atoms with Gasteiger partial charge in [0.1, 0.15) is 0 Å². The van der Waals surface area contributed by atoms with Crippen LogP contribution in [0.5, 0.6) is 0 Å². The highest BCUT2D eigenvalue weighted by molar-refractivity contribution is 7.91. The van der Waals surface area contributed by atoms with Crippen molar-refractivity contribution in [2.24, 2.45) is 0 Å². The van der Waals surface area contributed by atoms with Gasteiger partial charge in [-0.25, -0.2) is 13.4 Å². The summed E-state index contributed by atoms with van der Waals surface area (Å²) in [5.74, 6) is 0. The SMILES string of the molecule is C=CCN(CC=C)S(=O)(=O)c1cnc(Cl)s1. The predicted molar refractivity (Wildman–Crippen MR) is 66.3 cm³/mol. The van der Waals surface area contributed by atoms with E-state index in [1.54, 1.807) is 0 Å². The van der Waals surface area contributed by atoms with Gasteiger partial charge in [-0.3, -0.25) is 0 Å². The Kier molecular flexibility index (Phi) is 4.67. The molecule has 0 fully saturated rings. The Hall–Kier alpha value is -0.690. The summed E-state index contributed by atoms with van der Waals surface area (Å²) >= 11 is 6.54. The van der Waals surface area contributed by atoms with Crippen LogP contribution < -0.4 is 0 Å². The number of hydrogen-bond donors (Lipinski definition) is 0. The van der Waals surface area contributed by atoms with Crippen molar-refractivity contribution in [1.82, 2.24) is 9.29 Å². The molecule has 0 atom stereocenters. The van der Waals surface area contributed by atoms with Crippen molar-refractivity contribution < 1.29 is 8.42 Å². The third-order valence-corrected chi connectivity index (χ3v) is 5.10. The molecule has 0 bridgehead atoms. The minimum Gasteiger partial charge on any atom is -0.232 e. The third-order valence-electron chi connectivity index (χ3n) is 1.72. The standard InChI is InChI=1S/C9H11ClN2O2S2/c1-3-5-12(6-4-2)16(13,14)8-7-11-9(10)15-8/h3-4,7H,1-2,5-6H2. The molecule has 0 aliphatic rings. The summed E-state index contributed by atoms with van der Waals surface area (Å²) in [5.41, 5.74) is 0. The summed E-state index contributed by atoms with van der Waals surface area (Å²) in [6.07, 6.45) is 4.29. The molecule has 7 heteroatoms. The van der Waals surface area contributed by atoms with Gasteiger partial charge in [-0.1, -0.05) is 35.1 Å². The Morgan fingerprint density at radius 3 is 2.38 bits per heavy atom. The maximum Gasteiger partial charge on any atom is 0.254 e. The second kappa shape index (κ2) is 5.58. The van der Waals surface area contributed by atoms with Crippen molar-refractivity contribution in [3.63, 3.8) is 0 Å². The Morgan fingerprint density at radius 1 is 1.44 bits per heavy atom. The largest absolute Gasteiger partial charge is 0.254 e. The first kappa shape index (κ1) is 13.4. The van der Waals surface area contributed by atoms with Gasteiger partial charge in [-0.2, -0.15) is 4.31 Å². The van der Waals surface area contributed by atoms with Crippen molar-refractivity contribution in [3.8, 4) is 0 Å². The average Bonchev–Trinajstić information content (AvgIpc) is 2.65. The Labute approximate surface area is 104 Å². The zero-order valence-electron chi connectivity index (χ0n) is 8.47. The fourth-order valence-corrected chi connectivity index (χ4v) is 3.87. The average molecular weight is 279 g/mol. The summed E-state index contributed by atoms with van der Waals surface area (Å²) in [6.45, 7) is 7.48. The molecule has 0 N–H and O–H groups in total. The number of hydrogen-bond acceptors (Lipinski definition) is 4. The van der Waals surface area contributed by atoms with Crippen molar-refractivity contribution in [2.45, 2.75) is 4.21 Å². The highest BCUT2D eigenvalue weighted by Crippen LogP contribution is 2.25. The van der Waals surface area contributed by atoms with Gasteiger partial charge in [0.2, 0.25) is 0 Å². The van der Waals surface area contributed by atoms with Crippen molar-refractivity contribution in [2.75, 3.05) is 13.1 Å². The summed E-state index contributed by atoms with van der Waals surface area (Å²) in [7, 11) is -3.54. The van der Waals surface area contributed by atoms with Gasteiger partial charge >= 0.3 is 0 Å². The van der Waals surface area contributed by atoms with Crippen LogP contribution >= 0.6 is 22.9 Å². The van der Waals surface area contributed by atoms with Crippen LogP contribution in [0.25, 0.3) is 0 Å². The summed E-state index contributed by atoms with van der Waals surface area (Å²) in [5, 5.41) is 0. The molecule has 1 heterocycles. The predicted octanol–water partition coefficient (Wildman–Crippen LogP) is 2.16. The smallest absolute Gasteiger partial charge is 0.232 e. The summed E-state index contributed by atoms with van der Waals surface area (Å²) < 4.78 is 25.7. The van der Waals surface area contributed by atoms with E-state index in [0.717, 1.165) is 11.3 Å². The molecule has 0 aliphatic carbocycles. The second-order valence-electron chi connectivity index (χ2n) is 2.83. The highest BCUT2D eigenvalue weighted by atomic mass is 35.5. The van der Waals surface area contributed by atoms with E-state index in [1.807, 2.05) is 0 Å². The summed E-state index contributed by atoms with van der Waals surface area (Å²) in [6, 6.07) is 0. The fraction of sp³-hybridized carbons (Fsp3) is 0.222.